The lowest BCUT2D eigenvalue weighted by Crippen LogP contribution is -2.50. The molecule has 2 fully saturated rings. The molecule has 3 aliphatic rings. The largest absolute Gasteiger partial charge is 0.477 e. The highest BCUT2D eigenvalue weighted by atomic mass is 79.9. The zero-order valence-electron chi connectivity index (χ0n) is 40.0. The number of hydrogen-bond acceptors (Lipinski definition) is 9. The molecule has 1 aliphatic heterocycles. The van der Waals surface area contributed by atoms with Crippen LogP contribution >= 0.6 is 27.3 Å². The van der Waals surface area contributed by atoms with E-state index in [1.165, 1.54) is 24.5 Å². The van der Waals surface area contributed by atoms with Crippen LogP contribution in [0.3, 0.4) is 0 Å². The number of thiophene rings is 1. The van der Waals surface area contributed by atoms with Crippen molar-refractivity contribution >= 4 is 61.0 Å². The molecule has 5 aromatic carbocycles. The molecule has 74 heavy (non-hydrogen) atoms. The summed E-state index contributed by atoms with van der Waals surface area (Å²) in [5.41, 5.74) is 3.10. The van der Waals surface area contributed by atoms with Gasteiger partial charge in [-0.05, 0) is 107 Å². The van der Waals surface area contributed by atoms with E-state index in [1.54, 1.807) is 39.5 Å². The number of hydrogen-bond donors (Lipinski definition) is 1. The van der Waals surface area contributed by atoms with E-state index in [9.17, 15) is 41.8 Å². The normalized spacial score (nSPS) is 15.7. The fourth-order valence-corrected chi connectivity index (χ4v) is 12.1. The standard InChI is InChI=1S/C41H34F2N2O4S.C16H14BrF2NO4/c1-25-22-44(41(26-11-5-2-6-12-26,27-13-7-3-8-14-27)28-15-9-4-10-16-28)24-35-32(25)21-34(50-35)30-19-20-31-36(38(30)49-40(42)43)45(29-17-18-29)23-33(37(31)46)39(47)48;1-2-23-15(22)10-7-20(8-3-4-8)12-9(13(10)21)5-6-11(17)14(12)24-16(18)19/h2-16,19-21,23,25,29,40H,17-18,22,24H2,1H3,(H,47,48);5-8,16H,2-4H2,1H3. The smallest absolute Gasteiger partial charge is 0.387 e. The number of halogens is 5. The van der Waals surface area contributed by atoms with E-state index < -0.39 is 41.6 Å². The van der Waals surface area contributed by atoms with E-state index in [2.05, 4.69) is 111 Å². The van der Waals surface area contributed by atoms with Crippen molar-refractivity contribution in [3.8, 4) is 21.9 Å². The summed E-state index contributed by atoms with van der Waals surface area (Å²) in [5.74, 6) is -2.19. The molecule has 11 rings (SSSR count). The molecule has 1 unspecified atom stereocenters. The van der Waals surface area contributed by atoms with Crippen LogP contribution in [0, 0.1) is 0 Å². The van der Waals surface area contributed by atoms with Crippen LogP contribution in [-0.4, -0.2) is 57.5 Å². The van der Waals surface area contributed by atoms with Crippen LogP contribution in [0.4, 0.5) is 17.6 Å². The Labute approximate surface area is 434 Å². The highest BCUT2D eigenvalue weighted by Crippen LogP contribution is 2.51. The maximum Gasteiger partial charge on any atom is 0.387 e. The second kappa shape index (κ2) is 20.7. The van der Waals surface area contributed by atoms with Gasteiger partial charge in [0.15, 0.2) is 11.5 Å². The number of aromatic carboxylic acids is 1. The zero-order chi connectivity index (χ0) is 52.0. The minimum Gasteiger partial charge on any atom is -0.477 e. The highest BCUT2D eigenvalue weighted by molar-refractivity contribution is 9.10. The number of carbonyl (C=O) groups excluding carboxylic acids is 1. The van der Waals surface area contributed by atoms with Gasteiger partial charge >= 0.3 is 25.2 Å². The average Bonchev–Trinajstić information content (AvgIpc) is 4.35. The van der Waals surface area contributed by atoms with E-state index in [1.807, 2.05) is 18.2 Å². The number of carboxylic acid groups (broad SMARTS) is 1. The van der Waals surface area contributed by atoms with Gasteiger partial charge in [0.05, 0.1) is 38.4 Å². The predicted octanol–water partition coefficient (Wildman–Crippen LogP) is 13.2. The van der Waals surface area contributed by atoms with Crippen LogP contribution in [0.2, 0.25) is 0 Å². The molecule has 0 spiro atoms. The van der Waals surface area contributed by atoms with Crippen LogP contribution < -0.4 is 20.3 Å². The third kappa shape index (κ3) is 9.41. The average molecular weight is 1090 g/mol. The van der Waals surface area contributed by atoms with Crippen molar-refractivity contribution in [1.82, 2.24) is 14.0 Å². The van der Waals surface area contributed by atoms with Crippen LogP contribution in [0.15, 0.2) is 148 Å². The Balaban J connectivity index is 0.000000218. The number of carbonyl (C=O) groups is 2. The quantitative estimate of drug-likeness (QED) is 0.0643. The Morgan fingerprint density at radius 1 is 0.716 bits per heavy atom. The number of carboxylic acids is 1. The minimum atomic E-state index is -3.14. The van der Waals surface area contributed by atoms with Crippen molar-refractivity contribution in [1.29, 1.82) is 0 Å². The Morgan fingerprint density at radius 3 is 1.70 bits per heavy atom. The number of benzene rings is 5. The number of pyridine rings is 2. The van der Waals surface area contributed by atoms with E-state index in [0.29, 0.717) is 16.6 Å². The first-order valence-corrected chi connectivity index (χ1v) is 25.8. The van der Waals surface area contributed by atoms with Crippen LogP contribution in [0.25, 0.3) is 32.2 Å². The molecule has 0 amide bonds. The molecular weight excluding hydrogens is 1040 g/mol. The lowest BCUT2D eigenvalue weighted by Gasteiger charge is -2.48. The van der Waals surface area contributed by atoms with Crippen molar-refractivity contribution in [2.24, 2.45) is 0 Å². The first-order chi connectivity index (χ1) is 35.7. The van der Waals surface area contributed by atoms with Crippen LogP contribution in [0.1, 0.15) is 105 Å². The maximum absolute atomic E-state index is 14.1. The molecule has 0 bridgehead atoms. The van der Waals surface area contributed by atoms with Crippen molar-refractivity contribution in [3.63, 3.8) is 0 Å². The molecule has 1 atom stereocenters. The summed E-state index contributed by atoms with van der Waals surface area (Å²) in [5, 5.41) is 9.94. The first kappa shape index (κ1) is 50.5. The Hall–Kier alpha value is -7.08. The number of aromatic nitrogens is 2. The third-order valence-electron chi connectivity index (χ3n) is 13.8. The molecule has 8 aromatic rings. The SMILES string of the molecule is CC1CN(C(c2ccccc2)(c2ccccc2)c2ccccc2)Cc2sc(-c3ccc4c(=O)c(C(=O)O)cn(C5CC5)c4c3OC(F)F)cc21.CCOC(=O)c1cn(C2CC2)c2c(OC(F)F)c(Br)ccc2c1=O. The van der Waals surface area contributed by atoms with Gasteiger partial charge in [0.1, 0.15) is 11.1 Å². The summed E-state index contributed by atoms with van der Waals surface area (Å²) in [4.78, 5) is 54.3. The van der Waals surface area contributed by atoms with Gasteiger partial charge < -0.3 is 28.5 Å². The minimum absolute atomic E-state index is 0.0376. The molecule has 3 aromatic heterocycles. The van der Waals surface area contributed by atoms with Crippen molar-refractivity contribution in [2.75, 3.05) is 13.2 Å². The predicted molar refractivity (Wildman–Crippen MR) is 278 cm³/mol. The summed E-state index contributed by atoms with van der Waals surface area (Å²) in [7, 11) is 0. The second-order valence-electron chi connectivity index (χ2n) is 18.5. The van der Waals surface area contributed by atoms with E-state index in [0.717, 1.165) is 64.2 Å². The molecule has 1 N–H and O–H groups in total. The maximum atomic E-state index is 14.1. The van der Waals surface area contributed by atoms with Gasteiger partial charge in [-0.2, -0.15) is 17.6 Å². The zero-order valence-corrected chi connectivity index (χ0v) is 42.4. The van der Waals surface area contributed by atoms with E-state index >= 15 is 0 Å². The summed E-state index contributed by atoms with van der Waals surface area (Å²) in [6.07, 6.45) is 5.83. The Kier molecular flexibility index (Phi) is 14.1. The van der Waals surface area contributed by atoms with Gasteiger partial charge in [0.25, 0.3) is 0 Å². The molecule has 0 saturated heterocycles. The number of alkyl halides is 4. The van der Waals surface area contributed by atoms with E-state index in [4.69, 9.17) is 9.47 Å². The van der Waals surface area contributed by atoms with Gasteiger partial charge in [-0.1, -0.05) is 97.9 Å². The monoisotopic (exact) mass is 1090 g/mol. The van der Waals surface area contributed by atoms with Gasteiger partial charge in [0.2, 0.25) is 10.9 Å². The fraction of sp³-hybridized carbons (Fsp3) is 0.263. The molecule has 2 saturated carbocycles. The molecule has 11 nitrogen and oxygen atoms in total. The highest BCUT2D eigenvalue weighted by Gasteiger charge is 2.45. The van der Waals surface area contributed by atoms with Crippen molar-refractivity contribution in [3.05, 3.63) is 197 Å². The summed E-state index contributed by atoms with van der Waals surface area (Å²) in [6, 6.07) is 39.7. The number of nitrogens with zero attached hydrogens (tertiary/aromatic N) is 3. The fourth-order valence-electron chi connectivity index (χ4n) is 10.3. The molecule has 0 radical (unpaired) electrons. The molecule has 2 aliphatic carbocycles. The van der Waals surface area contributed by atoms with Crippen LogP contribution in [0.5, 0.6) is 11.5 Å². The second-order valence-corrected chi connectivity index (χ2v) is 20.5. The summed E-state index contributed by atoms with van der Waals surface area (Å²) in [6.45, 7) is -0.852. The van der Waals surface area contributed by atoms with Crippen LogP contribution in [-0.2, 0) is 16.8 Å². The molecule has 4 heterocycles. The Morgan fingerprint density at radius 2 is 1.20 bits per heavy atom. The number of fused-ring (bicyclic) bond motifs is 3. The number of ether oxygens (including phenoxy) is 3. The third-order valence-corrected chi connectivity index (χ3v) is 15.6. The van der Waals surface area contributed by atoms with Gasteiger partial charge in [-0.25, -0.2) is 9.59 Å². The number of esters is 1. The Bertz CT molecular complexity index is 3450. The summed E-state index contributed by atoms with van der Waals surface area (Å²) < 4.78 is 72.3. The molecular formula is C57H48BrF4N3O8S. The topological polar surface area (TPSA) is 129 Å². The lowest BCUT2D eigenvalue weighted by atomic mass is 9.74. The van der Waals surface area contributed by atoms with Gasteiger partial charge in [-0.15, -0.1) is 11.3 Å². The van der Waals surface area contributed by atoms with Crippen molar-refractivity contribution in [2.45, 2.75) is 82.8 Å². The van der Waals surface area contributed by atoms with Crippen molar-refractivity contribution < 1.29 is 46.5 Å². The van der Waals surface area contributed by atoms with E-state index in [-0.39, 0.29) is 69.0 Å². The number of rotatable bonds is 14. The first-order valence-electron chi connectivity index (χ1n) is 24.1. The molecule has 17 heteroatoms. The van der Waals surface area contributed by atoms with Gasteiger partial charge in [0, 0.05) is 52.9 Å². The lowest BCUT2D eigenvalue weighted by molar-refractivity contribution is -0.0498. The molecule has 380 valence electrons. The van der Waals surface area contributed by atoms with Gasteiger partial charge in [-0.3, -0.25) is 14.5 Å². The summed E-state index contributed by atoms with van der Waals surface area (Å²) >= 11 is 4.72.